The van der Waals surface area contributed by atoms with Gasteiger partial charge < -0.3 is 10.2 Å². The molecule has 2 aromatic rings. The molecule has 1 aromatic carbocycles. The summed E-state index contributed by atoms with van der Waals surface area (Å²) in [5.41, 5.74) is -1.99. The molecule has 0 saturated carbocycles. The molecule has 0 aliphatic carbocycles. The maximum atomic E-state index is 13.4. The number of hydrogen-bond acceptors (Lipinski definition) is 4. The number of benzene rings is 1. The molecule has 0 spiro atoms. The summed E-state index contributed by atoms with van der Waals surface area (Å²) in [5, 5.41) is 6.77. The quantitative estimate of drug-likeness (QED) is 0.780. The first-order chi connectivity index (χ1) is 14.6. The van der Waals surface area contributed by atoms with Gasteiger partial charge in [0.25, 0.3) is 5.91 Å². The van der Waals surface area contributed by atoms with Crippen molar-refractivity contribution < 1.29 is 18.0 Å². The molecule has 1 saturated heterocycles. The van der Waals surface area contributed by atoms with Crippen LogP contribution < -0.4 is 10.7 Å². The van der Waals surface area contributed by atoms with Gasteiger partial charge in [-0.3, -0.25) is 9.59 Å². The van der Waals surface area contributed by atoms with Crippen LogP contribution in [0.5, 0.6) is 0 Å². The lowest BCUT2D eigenvalue weighted by Crippen LogP contribution is -2.46. The van der Waals surface area contributed by atoms with E-state index in [-0.39, 0.29) is 17.4 Å². The maximum Gasteiger partial charge on any atom is 0.418 e. The number of para-hydroxylation sites is 1. The van der Waals surface area contributed by atoms with E-state index in [0.29, 0.717) is 12.5 Å². The number of halogens is 3. The van der Waals surface area contributed by atoms with Crippen molar-refractivity contribution in [2.24, 2.45) is 5.92 Å². The number of piperidine rings is 1. The summed E-state index contributed by atoms with van der Waals surface area (Å²) in [5.74, 6) is -0.0999. The summed E-state index contributed by atoms with van der Waals surface area (Å²) in [6.07, 6.45) is -2.31. The third kappa shape index (κ3) is 5.52. The smallest absolute Gasteiger partial charge is 0.347 e. The number of carbonyl (C=O) groups excluding carboxylic acids is 1. The Morgan fingerprint density at radius 2 is 2.03 bits per heavy atom. The van der Waals surface area contributed by atoms with Crippen molar-refractivity contribution >= 4 is 5.91 Å². The number of aromatic nitrogens is 2. The Balaban J connectivity index is 1.85. The standard InChI is InChI=1S/C22H27F3N4O2/c1-14-7-6-10-28(12-14)13-15(2)26-21(31)20-19(30)11-16(3)29(27-20)18-9-5-4-8-17(18)22(23,24)25/h4-5,8-9,11,14-15H,6-7,10,12-13H2,1-3H3,(H,26,31)/t14-,15+/m1/s1. The molecule has 0 bridgehead atoms. The van der Waals surface area contributed by atoms with Gasteiger partial charge in [-0.05, 0) is 51.3 Å². The Hall–Kier alpha value is -2.68. The van der Waals surface area contributed by atoms with E-state index in [9.17, 15) is 22.8 Å². The highest BCUT2D eigenvalue weighted by Gasteiger charge is 2.34. The number of amides is 1. The number of rotatable bonds is 5. The molecular weight excluding hydrogens is 409 g/mol. The first-order valence-corrected chi connectivity index (χ1v) is 10.4. The van der Waals surface area contributed by atoms with E-state index in [1.807, 2.05) is 6.92 Å². The van der Waals surface area contributed by atoms with Crippen molar-refractivity contribution in [1.29, 1.82) is 0 Å². The zero-order chi connectivity index (χ0) is 22.8. The molecule has 1 aliphatic heterocycles. The number of carbonyl (C=O) groups is 1. The summed E-state index contributed by atoms with van der Waals surface area (Å²) in [6, 6.07) is 5.82. The first kappa shape index (κ1) is 23.0. The van der Waals surface area contributed by atoms with Crippen molar-refractivity contribution in [3.63, 3.8) is 0 Å². The lowest BCUT2D eigenvalue weighted by Gasteiger charge is -2.32. The van der Waals surface area contributed by atoms with E-state index in [1.165, 1.54) is 31.5 Å². The number of nitrogens with one attached hydrogen (secondary N) is 1. The Kier molecular flexibility index (Phi) is 6.83. The summed E-state index contributed by atoms with van der Waals surface area (Å²) >= 11 is 0. The minimum absolute atomic E-state index is 0.202. The molecule has 6 nitrogen and oxygen atoms in total. The molecule has 1 fully saturated rings. The molecule has 1 aliphatic rings. The van der Waals surface area contributed by atoms with Gasteiger partial charge in [-0.25, -0.2) is 4.68 Å². The molecule has 2 atom stereocenters. The fourth-order valence-corrected chi connectivity index (χ4v) is 4.02. The van der Waals surface area contributed by atoms with Gasteiger partial charge in [0, 0.05) is 30.9 Å². The molecule has 168 valence electrons. The second-order valence-electron chi connectivity index (χ2n) is 8.31. The summed E-state index contributed by atoms with van der Waals surface area (Å²) in [7, 11) is 0. The molecule has 1 aromatic heterocycles. The molecule has 1 N–H and O–H groups in total. The van der Waals surface area contributed by atoms with Gasteiger partial charge in [0.1, 0.15) is 0 Å². The van der Waals surface area contributed by atoms with E-state index in [2.05, 4.69) is 22.2 Å². The van der Waals surface area contributed by atoms with Crippen LogP contribution in [0.3, 0.4) is 0 Å². The molecule has 3 rings (SSSR count). The number of nitrogens with zero attached hydrogens (tertiary/aromatic N) is 3. The van der Waals surface area contributed by atoms with Crippen molar-refractivity contribution in [3.05, 3.63) is 57.5 Å². The van der Waals surface area contributed by atoms with Crippen LogP contribution in [0.2, 0.25) is 0 Å². The zero-order valence-electron chi connectivity index (χ0n) is 17.9. The lowest BCUT2D eigenvalue weighted by atomic mass is 10.00. The largest absolute Gasteiger partial charge is 0.418 e. The van der Waals surface area contributed by atoms with Gasteiger partial charge in [0.15, 0.2) is 5.69 Å². The van der Waals surface area contributed by atoms with Gasteiger partial charge in [-0.1, -0.05) is 19.1 Å². The van der Waals surface area contributed by atoms with Gasteiger partial charge >= 0.3 is 6.18 Å². The fourth-order valence-electron chi connectivity index (χ4n) is 4.02. The predicted molar refractivity (Wildman–Crippen MR) is 111 cm³/mol. The molecule has 9 heteroatoms. The summed E-state index contributed by atoms with van der Waals surface area (Å²) in [4.78, 5) is 27.4. The second kappa shape index (κ2) is 9.21. The fraction of sp³-hybridized carbons (Fsp3) is 0.500. The molecule has 0 unspecified atom stereocenters. The summed E-state index contributed by atoms with van der Waals surface area (Å²) in [6.45, 7) is 8.03. The molecular formula is C22H27F3N4O2. The van der Waals surface area contributed by atoms with Gasteiger partial charge in [0.2, 0.25) is 5.43 Å². The number of aryl methyl sites for hydroxylation is 1. The number of hydrogen-bond donors (Lipinski definition) is 1. The molecule has 0 radical (unpaired) electrons. The van der Waals surface area contributed by atoms with Crippen LogP contribution in [0, 0.1) is 12.8 Å². The highest BCUT2D eigenvalue weighted by Crippen LogP contribution is 2.33. The van der Waals surface area contributed by atoms with Gasteiger partial charge in [-0.15, -0.1) is 0 Å². The van der Waals surface area contributed by atoms with E-state index in [4.69, 9.17) is 0 Å². The highest BCUT2D eigenvalue weighted by atomic mass is 19.4. The van der Waals surface area contributed by atoms with Crippen LogP contribution >= 0.6 is 0 Å². The Morgan fingerprint density at radius 3 is 2.71 bits per heavy atom. The first-order valence-electron chi connectivity index (χ1n) is 10.4. The average molecular weight is 436 g/mol. The van der Waals surface area contributed by atoms with Crippen LogP contribution in [0.1, 0.15) is 48.4 Å². The van der Waals surface area contributed by atoms with E-state index in [1.54, 1.807) is 0 Å². The lowest BCUT2D eigenvalue weighted by molar-refractivity contribution is -0.137. The zero-order valence-corrected chi connectivity index (χ0v) is 17.9. The summed E-state index contributed by atoms with van der Waals surface area (Å²) < 4.78 is 41.3. The highest BCUT2D eigenvalue weighted by molar-refractivity contribution is 5.92. The minimum atomic E-state index is -4.60. The van der Waals surface area contributed by atoms with Crippen molar-refractivity contribution in [1.82, 2.24) is 20.0 Å². The second-order valence-corrected chi connectivity index (χ2v) is 8.31. The van der Waals surface area contributed by atoms with Crippen molar-refractivity contribution in [3.8, 4) is 5.69 Å². The minimum Gasteiger partial charge on any atom is -0.347 e. The van der Waals surface area contributed by atoms with E-state index >= 15 is 0 Å². The normalized spacial score (nSPS) is 18.6. The molecule has 1 amide bonds. The SMILES string of the molecule is Cc1cc(=O)c(C(=O)N[C@@H](C)CN2CCC[C@@H](C)C2)nn1-c1ccccc1C(F)(F)F. The van der Waals surface area contributed by atoms with Gasteiger partial charge in [-0.2, -0.15) is 18.3 Å². The van der Waals surface area contributed by atoms with E-state index < -0.39 is 28.8 Å². The van der Waals surface area contributed by atoms with Crippen LogP contribution in [0.4, 0.5) is 13.2 Å². The molecule has 31 heavy (non-hydrogen) atoms. The predicted octanol–water partition coefficient (Wildman–Crippen LogP) is 3.41. The van der Waals surface area contributed by atoms with Crippen LogP contribution in [0.15, 0.2) is 35.1 Å². The van der Waals surface area contributed by atoms with Crippen LogP contribution in [0.25, 0.3) is 5.69 Å². The van der Waals surface area contributed by atoms with E-state index in [0.717, 1.165) is 36.3 Å². The van der Waals surface area contributed by atoms with Crippen molar-refractivity contribution in [2.45, 2.75) is 45.8 Å². The average Bonchev–Trinajstić information content (AvgIpc) is 2.67. The topological polar surface area (TPSA) is 67.2 Å². The Labute approximate surface area is 179 Å². The number of likely N-dealkylation sites (tertiary alicyclic amines) is 1. The Morgan fingerprint density at radius 1 is 1.32 bits per heavy atom. The van der Waals surface area contributed by atoms with Crippen LogP contribution in [-0.2, 0) is 6.18 Å². The van der Waals surface area contributed by atoms with Crippen LogP contribution in [-0.4, -0.2) is 46.3 Å². The molecule has 2 heterocycles. The third-order valence-electron chi connectivity index (χ3n) is 5.41. The Bertz CT molecular complexity index is 1000. The van der Waals surface area contributed by atoms with Crippen molar-refractivity contribution in [2.75, 3.05) is 19.6 Å². The maximum absolute atomic E-state index is 13.4. The third-order valence-corrected chi connectivity index (χ3v) is 5.41. The number of alkyl halides is 3. The monoisotopic (exact) mass is 436 g/mol. The van der Waals surface area contributed by atoms with Gasteiger partial charge in [0.05, 0.1) is 11.3 Å².